The van der Waals surface area contributed by atoms with Crippen molar-refractivity contribution >= 4 is 48.6 Å². The molecule has 0 saturated carbocycles. The molecule has 242 valence electrons. The number of carbonyl (C=O) groups excluding carboxylic acids is 2. The lowest BCUT2D eigenvalue weighted by Crippen LogP contribution is -2.43. The first-order valence-corrected chi connectivity index (χ1v) is 17.3. The zero-order valence-corrected chi connectivity index (χ0v) is 27.5. The van der Waals surface area contributed by atoms with Crippen LogP contribution in [0.25, 0.3) is 0 Å². The SMILES string of the molecule is O=C(N[C@@H](Cc1ccc(N[P@@](=O)(Oc2ccccc2)N(CCCl)CCCl)cc1)C(=O)OCc1ccccc1)OCc1ccccc1. The smallest absolute Gasteiger partial charge is 0.419 e. The molecule has 2 atom stereocenters. The molecule has 0 unspecified atom stereocenters. The maximum atomic E-state index is 14.2. The van der Waals surface area contributed by atoms with Gasteiger partial charge in [0.05, 0.1) is 0 Å². The van der Waals surface area contributed by atoms with Gasteiger partial charge in [-0.25, -0.2) is 18.8 Å². The number of para-hydroxylation sites is 1. The summed E-state index contributed by atoms with van der Waals surface area (Å²) < 4.78 is 32.7. The molecule has 0 heterocycles. The summed E-state index contributed by atoms with van der Waals surface area (Å²) in [4.78, 5) is 25.9. The number of nitrogens with one attached hydrogen (secondary N) is 2. The number of rotatable bonds is 17. The lowest BCUT2D eigenvalue weighted by Gasteiger charge is -2.31. The normalized spacial score (nSPS) is 12.8. The van der Waals surface area contributed by atoms with E-state index in [9.17, 15) is 14.2 Å². The fraction of sp³-hybridized carbons (Fsp3) is 0.235. The van der Waals surface area contributed by atoms with Gasteiger partial charge in [0.2, 0.25) is 0 Å². The number of carbonyl (C=O) groups is 2. The fourth-order valence-corrected chi connectivity index (χ4v) is 6.95. The molecule has 12 heteroatoms. The standard InChI is InChI=1S/C34H36Cl2N3O6P/c35-20-22-39(23-21-36)46(42,45-31-14-8-3-9-15-31)38-30-18-16-27(17-19-30)24-32(33(40)43-25-28-10-4-1-5-11-28)37-34(41)44-26-29-12-6-2-7-13-29/h1-19,32H,20-26H2,(H,37,41)(H,38,42)/t32-,46+/m0/s1. The Labute approximate surface area is 279 Å². The molecule has 46 heavy (non-hydrogen) atoms. The van der Waals surface area contributed by atoms with E-state index in [1.807, 2.05) is 66.7 Å². The van der Waals surface area contributed by atoms with E-state index in [0.29, 0.717) is 17.0 Å². The molecular weight excluding hydrogens is 648 g/mol. The van der Waals surface area contributed by atoms with Gasteiger partial charge in [0.15, 0.2) is 0 Å². The van der Waals surface area contributed by atoms with Crippen molar-refractivity contribution in [1.29, 1.82) is 0 Å². The van der Waals surface area contributed by atoms with Gasteiger partial charge in [-0.1, -0.05) is 91.0 Å². The van der Waals surface area contributed by atoms with Crippen molar-refractivity contribution in [3.8, 4) is 5.75 Å². The van der Waals surface area contributed by atoms with Gasteiger partial charge in [-0.05, 0) is 41.0 Å². The number of alkyl carbamates (subject to hydrolysis) is 1. The summed E-state index contributed by atoms with van der Waals surface area (Å²) in [5, 5.41) is 5.69. The third-order valence-corrected chi connectivity index (χ3v) is 9.19. The van der Waals surface area contributed by atoms with Crippen LogP contribution in [0.3, 0.4) is 0 Å². The van der Waals surface area contributed by atoms with E-state index < -0.39 is 25.8 Å². The van der Waals surface area contributed by atoms with Crippen LogP contribution in [0.5, 0.6) is 5.75 Å². The van der Waals surface area contributed by atoms with Crippen LogP contribution < -0.4 is 14.9 Å². The van der Waals surface area contributed by atoms with Crippen molar-refractivity contribution in [2.45, 2.75) is 25.7 Å². The van der Waals surface area contributed by atoms with Gasteiger partial charge in [0, 0.05) is 37.0 Å². The Hall–Kier alpha value is -4.01. The fourth-order valence-electron chi connectivity index (χ4n) is 4.39. The van der Waals surface area contributed by atoms with E-state index >= 15 is 0 Å². The molecule has 2 N–H and O–H groups in total. The van der Waals surface area contributed by atoms with Gasteiger partial charge >= 0.3 is 19.7 Å². The van der Waals surface area contributed by atoms with Crippen molar-refractivity contribution in [2.75, 3.05) is 29.9 Å². The highest BCUT2D eigenvalue weighted by molar-refractivity contribution is 7.58. The number of halogens is 2. The predicted octanol–water partition coefficient (Wildman–Crippen LogP) is 7.65. The summed E-state index contributed by atoms with van der Waals surface area (Å²) in [6, 6.07) is 33.3. The van der Waals surface area contributed by atoms with Crippen LogP contribution in [0.15, 0.2) is 115 Å². The van der Waals surface area contributed by atoms with E-state index in [1.165, 1.54) is 0 Å². The minimum absolute atomic E-state index is 0.0500. The highest BCUT2D eigenvalue weighted by Crippen LogP contribution is 2.50. The van der Waals surface area contributed by atoms with Crippen molar-refractivity contribution in [2.24, 2.45) is 0 Å². The number of ether oxygens (including phenoxy) is 2. The third kappa shape index (κ3) is 11.1. The molecule has 4 aromatic rings. The van der Waals surface area contributed by atoms with Crippen LogP contribution in [-0.4, -0.2) is 47.6 Å². The Morgan fingerprint density at radius 3 is 1.76 bits per heavy atom. The van der Waals surface area contributed by atoms with Crippen LogP contribution in [0.1, 0.15) is 16.7 Å². The molecule has 0 aromatic heterocycles. The van der Waals surface area contributed by atoms with Crippen LogP contribution >= 0.6 is 30.9 Å². The van der Waals surface area contributed by atoms with Crippen molar-refractivity contribution in [3.63, 3.8) is 0 Å². The lowest BCUT2D eigenvalue weighted by molar-refractivity contribution is -0.147. The number of esters is 1. The Morgan fingerprint density at radius 2 is 1.22 bits per heavy atom. The van der Waals surface area contributed by atoms with E-state index in [0.717, 1.165) is 11.1 Å². The minimum atomic E-state index is -3.69. The number of hydrogen-bond acceptors (Lipinski definition) is 6. The highest BCUT2D eigenvalue weighted by Gasteiger charge is 2.33. The second-order valence-electron chi connectivity index (χ2n) is 10.1. The Bertz CT molecular complexity index is 1540. The number of benzene rings is 4. The Morgan fingerprint density at radius 1 is 0.696 bits per heavy atom. The van der Waals surface area contributed by atoms with Gasteiger partial charge in [-0.3, -0.25) is 5.09 Å². The molecule has 0 aliphatic rings. The molecule has 0 spiro atoms. The van der Waals surface area contributed by atoms with E-state index in [2.05, 4.69) is 10.4 Å². The monoisotopic (exact) mass is 683 g/mol. The summed E-state index contributed by atoms with van der Waals surface area (Å²) in [6.45, 7) is 0.663. The zero-order valence-electron chi connectivity index (χ0n) is 25.1. The average molecular weight is 685 g/mol. The van der Waals surface area contributed by atoms with Gasteiger partial charge in [-0.15, -0.1) is 23.2 Å². The zero-order chi connectivity index (χ0) is 32.6. The third-order valence-electron chi connectivity index (χ3n) is 6.71. The van der Waals surface area contributed by atoms with Crippen molar-refractivity contribution in [3.05, 3.63) is 132 Å². The maximum Gasteiger partial charge on any atom is 0.419 e. The van der Waals surface area contributed by atoms with Crippen molar-refractivity contribution in [1.82, 2.24) is 9.99 Å². The van der Waals surface area contributed by atoms with Crippen LogP contribution in [0.2, 0.25) is 0 Å². The summed E-state index contributed by atoms with van der Waals surface area (Å²) in [6.07, 6.45) is -0.626. The number of alkyl halides is 2. The van der Waals surface area contributed by atoms with Crippen LogP contribution in [0.4, 0.5) is 10.5 Å². The summed E-state index contributed by atoms with van der Waals surface area (Å²) in [5.74, 6) is 0.261. The van der Waals surface area contributed by atoms with Crippen LogP contribution in [0, 0.1) is 0 Å². The Balaban J connectivity index is 1.47. The largest absolute Gasteiger partial charge is 0.459 e. The average Bonchev–Trinajstić information content (AvgIpc) is 3.08. The topological polar surface area (TPSA) is 106 Å². The highest BCUT2D eigenvalue weighted by atomic mass is 35.5. The molecule has 0 saturated heterocycles. The molecule has 0 aliphatic carbocycles. The van der Waals surface area contributed by atoms with Gasteiger partial charge < -0.3 is 19.3 Å². The molecule has 4 aromatic carbocycles. The number of hydrogen-bond donors (Lipinski definition) is 2. The van der Waals surface area contributed by atoms with Gasteiger partial charge in [-0.2, -0.15) is 0 Å². The molecule has 9 nitrogen and oxygen atoms in total. The molecule has 0 fully saturated rings. The van der Waals surface area contributed by atoms with Gasteiger partial charge in [0.25, 0.3) is 0 Å². The maximum absolute atomic E-state index is 14.2. The molecule has 4 rings (SSSR count). The minimum Gasteiger partial charge on any atom is -0.459 e. The van der Waals surface area contributed by atoms with E-state index in [4.69, 9.17) is 37.2 Å². The first-order chi connectivity index (χ1) is 22.4. The van der Waals surface area contributed by atoms with E-state index in [-0.39, 0.29) is 44.5 Å². The van der Waals surface area contributed by atoms with Crippen molar-refractivity contribution < 1.29 is 28.2 Å². The Kier molecular flexibility index (Phi) is 13.8. The number of amides is 1. The lowest BCUT2D eigenvalue weighted by atomic mass is 10.1. The molecule has 0 radical (unpaired) electrons. The molecule has 1 amide bonds. The van der Waals surface area contributed by atoms with Gasteiger partial charge in [0.1, 0.15) is 25.0 Å². The summed E-state index contributed by atoms with van der Waals surface area (Å²) in [7, 11) is -3.69. The summed E-state index contributed by atoms with van der Waals surface area (Å²) >= 11 is 12.0. The van der Waals surface area contributed by atoms with E-state index in [1.54, 1.807) is 53.2 Å². The molecular formula is C34H36Cl2N3O6P. The quantitative estimate of drug-likeness (QED) is 0.0664. The first-order valence-electron chi connectivity index (χ1n) is 14.7. The summed E-state index contributed by atoms with van der Waals surface area (Å²) in [5.41, 5.74) is 2.85. The number of anilines is 1. The molecule has 0 bridgehead atoms. The second-order valence-corrected chi connectivity index (χ2v) is 12.9. The predicted molar refractivity (Wildman–Crippen MR) is 181 cm³/mol. The second kappa shape index (κ2) is 18.2. The van der Waals surface area contributed by atoms with Crippen LogP contribution in [-0.2, 0) is 38.5 Å². The first kappa shape index (κ1) is 34.9. The number of nitrogens with zero attached hydrogens (tertiary/aromatic N) is 1. The molecule has 0 aliphatic heterocycles.